The maximum Gasteiger partial charge on any atom is 0.234 e. The molecule has 1 aromatic rings. The van der Waals surface area contributed by atoms with E-state index in [1.54, 1.807) is 7.11 Å². The quantitative estimate of drug-likeness (QED) is 0.758. The summed E-state index contributed by atoms with van der Waals surface area (Å²) in [6.07, 6.45) is 4.61. The zero-order chi connectivity index (χ0) is 12.3. The van der Waals surface area contributed by atoms with Crippen LogP contribution in [0.15, 0.2) is 4.52 Å². The fourth-order valence-electron chi connectivity index (χ4n) is 2.06. The van der Waals surface area contributed by atoms with Gasteiger partial charge >= 0.3 is 0 Å². The first-order valence-electron chi connectivity index (χ1n) is 6.10. The monoisotopic (exact) mass is 238 g/mol. The van der Waals surface area contributed by atoms with Crippen molar-refractivity contribution in [2.24, 2.45) is 0 Å². The van der Waals surface area contributed by atoms with Gasteiger partial charge < -0.3 is 9.26 Å². The number of carbonyl (C=O) groups excluding carboxylic acids is 1. The van der Waals surface area contributed by atoms with E-state index in [-0.39, 0.29) is 17.8 Å². The molecule has 0 unspecified atom stereocenters. The smallest absolute Gasteiger partial charge is 0.234 e. The molecule has 17 heavy (non-hydrogen) atoms. The predicted octanol–water partition coefficient (Wildman–Crippen LogP) is 2.01. The van der Waals surface area contributed by atoms with Crippen molar-refractivity contribution in [1.82, 2.24) is 10.1 Å². The molecule has 1 aromatic heterocycles. The minimum atomic E-state index is -0.366. The Morgan fingerprint density at radius 2 is 2.29 bits per heavy atom. The summed E-state index contributed by atoms with van der Waals surface area (Å²) in [5, 5.41) is 3.93. The minimum Gasteiger partial charge on any atom is -0.370 e. The average Bonchev–Trinajstić information content (AvgIpc) is 2.66. The summed E-state index contributed by atoms with van der Waals surface area (Å²) < 4.78 is 10.6. The first kappa shape index (κ1) is 12.2. The number of Topliss-reactive ketones (excluding diaryl/α,β-unsaturated/α-hetero) is 1. The number of ether oxygens (including phenoxy) is 1. The van der Waals surface area contributed by atoms with Crippen LogP contribution in [0, 0.1) is 0 Å². The Bertz CT molecular complexity index is 391. The number of carbonyl (C=O) groups is 1. The fourth-order valence-corrected chi connectivity index (χ4v) is 2.06. The molecule has 1 aliphatic rings. The van der Waals surface area contributed by atoms with E-state index >= 15 is 0 Å². The lowest BCUT2D eigenvalue weighted by Crippen LogP contribution is -2.37. The van der Waals surface area contributed by atoms with Crippen molar-refractivity contribution >= 4 is 5.78 Å². The van der Waals surface area contributed by atoms with Crippen LogP contribution in [0.1, 0.15) is 50.7 Å². The van der Waals surface area contributed by atoms with Gasteiger partial charge in [-0.05, 0) is 25.7 Å². The van der Waals surface area contributed by atoms with Crippen molar-refractivity contribution in [3.63, 3.8) is 0 Å². The second-order valence-corrected chi connectivity index (χ2v) is 4.53. The van der Waals surface area contributed by atoms with E-state index in [1.807, 2.05) is 6.92 Å². The fraction of sp³-hybridized carbons (Fsp3) is 0.750. The number of methoxy groups -OCH3 is 1. The highest BCUT2D eigenvalue weighted by molar-refractivity contribution is 5.79. The van der Waals surface area contributed by atoms with Crippen LogP contribution in [0.4, 0.5) is 0 Å². The first-order chi connectivity index (χ1) is 8.20. The molecule has 0 N–H and O–H groups in total. The summed E-state index contributed by atoms with van der Waals surface area (Å²) in [7, 11) is 1.66. The van der Waals surface area contributed by atoms with Gasteiger partial charge in [0, 0.05) is 13.5 Å². The third-order valence-corrected chi connectivity index (χ3v) is 3.30. The second kappa shape index (κ2) is 4.96. The maximum absolute atomic E-state index is 11.5. The van der Waals surface area contributed by atoms with E-state index in [2.05, 4.69) is 10.1 Å². The summed E-state index contributed by atoms with van der Waals surface area (Å²) in [6.45, 7) is 1.98. The normalized spacial score (nSPS) is 17.8. The third kappa shape index (κ3) is 2.39. The Kier molecular flexibility index (Phi) is 3.57. The van der Waals surface area contributed by atoms with Crippen LogP contribution in [0.5, 0.6) is 0 Å². The predicted molar refractivity (Wildman–Crippen MR) is 60.5 cm³/mol. The Morgan fingerprint density at radius 3 is 2.82 bits per heavy atom. The Hall–Kier alpha value is -1.23. The lowest BCUT2D eigenvalue weighted by Gasteiger charge is -2.37. The van der Waals surface area contributed by atoms with Crippen molar-refractivity contribution in [3.8, 4) is 0 Å². The molecule has 0 amide bonds. The van der Waals surface area contributed by atoms with Gasteiger partial charge in [0.2, 0.25) is 11.7 Å². The molecule has 1 heterocycles. The van der Waals surface area contributed by atoms with Gasteiger partial charge in [-0.15, -0.1) is 0 Å². The van der Waals surface area contributed by atoms with E-state index in [0.717, 1.165) is 25.7 Å². The summed E-state index contributed by atoms with van der Waals surface area (Å²) in [4.78, 5) is 15.7. The van der Waals surface area contributed by atoms with Gasteiger partial charge in [-0.25, -0.2) is 0 Å². The molecule has 94 valence electrons. The molecule has 0 bridgehead atoms. The van der Waals surface area contributed by atoms with Crippen molar-refractivity contribution in [2.45, 2.75) is 51.0 Å². The van der Waals surface area contributed by atoms with Crippen molar-refractivity contribution in [1.29, 1.82) is 0 Å². The number of aromatic nitrogens is 2. The van der Waals surface area contributed by atoms with Crippen LogP contribution in [-0.2, 0) is 21.6 Å². The van der Waals surface area contributed by atoms with Crippen LogP contribution in [0.3, 0.4) is 0 Å². The molecule has 0 spiro atoms. The number of ketones is 1. The molecule has 0 aromatic carbocycles. The number of hydrogen-bond donors (Lipinski definition) is 0. The average molecular weight is 238 g/mol. The van der Waals surface area contributed by atoms with Gasteiger partial charge in [0.15, 0.2) is 0 Å². The van der Waals surface area contributed by atoms with Crippen LogP contribution >= 0.6 is 0 Å². The largest absolute Gasteiger partial charge is 0.370 e. The van der Waals surface area contributed by atoms with Crippen molar-refractivity contribution < 1.29 is 14.1 Å². The molecule has 5 nitrogen and oxygen atoms in total. The van der Waals surface area contributed by atoms with E-state index in [4.69, 9.17) is 9.26 Å². The molecule has 5 heteroatoms. The van der Waals surface area contributed by atoms with Crippen LogP contribution in [0.2, 0.25) is 0 Å². The third-order valence-electron chi connectivity index (χ3n) is 3.30. The lowest BCUT2D eigenvalue weighted by molar-refractivity contribution is -0.118. The summed E-state index contributed by atoms with van der Waals surface area (Å²) >= 11 is 0. The summed E-state index contributed by atoms with van der Waals surface area (Å²) in [5.74, 6) is 1.13. The van der Waals surface area contributed by atoms with Gasteiger partial charge in [-0.1, -0.05) is 12.1 Å². The second-order valence-electron chi connectivity index (χ2n) is 4.53. The highest BCUT2D eigenvalue weighted by atomic mass is 16.5. The number of rotatable bonds is 6. The topological polar surface area (TPSA) is 65.2 Å². The SMILES string of the molecule is CCCC(=O)Cc1nc(C2(OC)CCC2)no1. The molecule has 0 atom stereocenters. The zero-order valence-electron chi connectivity index (χ0n) is 10.4. The highest BCUT2D eigenvalue weighted by Crippen LogP contribution is 2.42. The van der Waals surface area contributed by atoms with Crippen LogP contribution in [0.25, 0.3) is 0 Å². The van der Waals surface area contributed by atoms with E-state index in [0.29, 0.717) is 18.1 Å². The van der Waals surface area contributed by atoms with E-state index in [9.17, 15) is 4.79 Å². The van der Waals surface area contributed by atoms with Gasteiger partial charge in [0.05, 0.1) is 6.42 Å². The molecule has 1 fully saturated rings. The molecular formula is C12H18N2O3. The summed E-state index contributed by atoms with van der Waals surface area (Å²) in [6, 6.07) is 0. The minimum absolute atomic E-state index is 0.141. The summed E-state index contributed by atoms with van der Waals surface area (Å²) in [5.41, 5.74) is -0.366. The van der Waals surface area contributed by atoms with E-state index < -0.39 is 0 Å². The van der Waals surface area contributed by atoms with Gasteiger partial charge in [-0.2, -0.15) is 4.98 Å². The van der Waals surface area contributed by atoms with Crippen molar-refractivity contribution in [2.75, 3.05) is 7.11 Å². The first-order valence-corrected chi connectivity index (χ1v) is 6.10. The van der Waals surface area contributed by atoms with Gasteiger partial charge in [0.25, 0.3) is 0 Å². The van der Waals surface area contributed by atoms with Crippen molar-refractivity contribution in [3.05, 3.63) is 11.7 Å². The Labute approximate surface area is 101 Å². The standard InChI is InChI=1S/C12H18N2O3/c1-3-5-9(15)8-10-13-11(14-17-10)12(16-2)6-4-7-12/h3-8H2,1-2H3. The molecule has 1 aliphatic carbocycles. The van der Waals surface area contributed by atoms with E-state index in [1.165, 1.54) is 0 Å². The maximum atomic E-state index is 11.5. The highest BCUT2D eigenvalue weighted by Gasteiger charge is 2.43. The molecule has 0 radical (unpaired) electrons. The Balaban J connectivity index is 2.03. The van der Waals surface area contributed by atoms with Crippen LogP contribution < -0.4 is 0 Å². The number of nitrogens with zero attached hydrogens (tertiary/aromatic N) is 2. The Morgan fingerprint density at radius 1 is 1.53 bits per heavy atom. The molecule has 0 saturated heterocycles. The lowest BCUT2D eigenvalue weighted by atomic mass is 9.79. The van der Waals surface area contributed by atoms with Crippen LogP contribution in [-0.4, -0.2) is 23.0 Å². The van der Waals surface area contributed by atoms with Gasteiger partial charge in [-0.3, -0.25) is 4.79 Å². The molecule has 1 saturated carbocycles. The molecule has 2 rings (SSSR count). The van der Waals surface area contributed by atoms with Gasteiger partial charge in [0.1, 0.15) is 11.4 Å². The number of hydrogen-bond acceptors (Lipinski definition) is 5. The molecule has 0 aliphatic heterocycles. The molecular weight excluding hydrogens is 220 g/mol. The zero-order valence-corrected chi connectivity index (χ0v) is 10.4.